The lowest BCUT2D eigenvalue weighted by Crippen LogP contribution is -2.22. The lowest BCUT2D eigenvalue weighted by Gasteiger charge is -2.25. The van der Waals surface area contributed by atoms with Crippen molar-refractivity contribution in [3.63, 3.8) is 0 Å². The molecule has 40 heavy (non-hydrogen) atoms. The van der Waals surface area contributed by atoms with Gasteiger partial charge in [0.2, 0.25) is 26.0 Å². The zero-order chi connectivity index (χ0) is 28.1. The van der Waals surface area contributed by atoms with E-state index in [1.807, 2.05) is 17.0 Å². The first-order valence-corrected chi connectivity index (χ1v) is 15.8. The van der Waals surface area contributed by atoms with E-state index in [-0.39, 0.29) is 16.6 Å². The van der Waals surface area contributed by atoms with E-state index < -0.39 is 31.1 Å². The van der Waals surface area contributed by atoms with Crippen LogP contribution >= 0.6 is 0 Å². The molecule has 2 aromatic carbocycles. The summed E-state index contributed by atoms with van der Waals surface area (Å²) in [6.07, 6.45) is 4.62. The van der Waals surface area contributed by atoms with E-state index in [4.69, 9.17) is 10.1 Å². The van der Waals surface area contributed by atoms with Crippen molar-refractivity contribution in [1.82, 2.24) is 15.0 Å². The lowest BCUT2D eigenvalue weighted by molar-refractivity contribution is 0.596. The first-order valence-electron chi connectivity index (χ1n) is 12.7. The first-order chi connectivity index (χ1) is 19.1. The highest BCUT2D eigenvalue weighted by atomic mass is 32.2. The van der Waals surface area contributed by atoms with Gasteiger partial charge < -0.3 is 10.2 Å². The Labute approximate surface area is 230 Å². The minimum absolute atomic E-state index is 0.0386. The number of anilines is 4. The molecule has 208 valence electrons. The van der Waals surface area contributed by atoms with Crippen LogP contribution in [0.4, 0.5) is 27.5 Å². The smallest absolute Gasteiger partial charge is 0.238 e. The second kappa shape index (κ2) is 9.94. The average Bonchev–Trinajstić information content (AvgIpc) is 3.83. The first kappa shape index (κ1) is 26.3. The molecular weight excluding hydrogens is 557 g/mol. The Morgan fingerprint density at radius 1 is 0.925 bits per heavy atom. The number of nitrogens with one attached hydrogen (secondary N) is 2. The molecule has 2 aromatic heterocycles. The maximum absolute atomic E-state index is 14.5. The van der Waals surface area contributed by atoms with Crippen LogP contribution in [0, 0.1) is 5.82 Å². The zero-order valence-corrected chi connectivity index (χ0v) is 22.8. The lowest BCUT2D eigenvalue weighted by atomic mass is 10.2. The van der Waals surface area contributed by atoms with Gasteiger partial charge in [-0.25, -0.2) is 41.3 Å². The third-order valence-corrected chi connectivity index (χ3v) is 9.51. The van der Waals surface area contributed by atoms with E-state index in [1.165, 1.54) is 24.3 Å². The van der Waals surface area contributed by atoms with Gasteiger partial charge >= 0.3 is 0 Å². The molecule has 2 aliphatic rings. The summed E-state index contributed by atoms with van der Waals surface area (Å²) in [7, 11) is -7.37. The van der Waals surface area contributed by atoms with Crippen molar-refractivity contribution in [1.29, 1.82) is 0 Å². The molecule has 2 aliphatic carbocycles. The molecule has 11 nitrogen and oxygen atoms in total. The van der Waals surface area contributed by atoms with Gasteiger partial charge in [0.1, 0.15) is 17.2 Å². The average molecular weight is 584 g/mol. The number of halogens is 1. The number of benzene rings is 2. The Kier molecular flexibility index (Phi) is 6.55. The fourth-order valence-electron chi connectivity index (χ4n) is 4.33. The van der Waals surface area contributed by atoms with Crippen LogP contribution < -0.4 is 20.1 Å². The van der Waals surface area contributed by atoms with E-state index >= 15 is 0 Å². The highest BCUT2D eigenvalue weighted by Crippen LogP contribution is 2.39. The molecule has 0 amide bonds. The van der Waals surface area contributed by atoms with Crippen molar-refractivity contribution >= 4 is 54.2 Å². The fraction of sp³-hybridized carbons (Fsp3) is 0.269. The van der Waals surface area contributed by atoms with Gasteiger partial charge in [-0.2, -0.15) is 0 Å². The minimum atomic E-state index is -3.75. The van der Waals surface area contributed by atoms with Crippen LogP contribution in [0.5, 0.6) is 0 Å². The van der Waals surface area contributed by atoms with Gasteiger partial charge in [-0.15, -0.1) is 0 Å². The molecule has 0 saturated heterocycles. The van der Waals surface area contributed by atoms with Gasteiger partial charge in [-0.3, -0.25) is 4.72 Å². The van der Waals surface area contributed by atoms with Crippen LogP contribution in [0.15, 0.2) is 65.7 Å². The van der Waals surface area contributed by atoms with Crippen LogP contribution in [-0.2, 0) is 26.6 Å². The Balaban J connectivity index is 1.22. The van der Waals surface area contributed by atoms with Crippen molar-refractivity contribution in [2.75, 3.05) is 14.9 Å². The van der Waals surface area contributed by atoms with E-state index in [2.05, 4.69) is 20.0 Å². The van der Waals surface area contributed by atoms with Crippen molar-refractivity contribution < 1.29 is 21.2 Å². The normalized spacial score (nSPS) is 15.7. The van der Waals surface area contributed by atoms with Crippen molar-refractivity contribution in [3.05, 3.63) is 72.2 Å². The Hall–Kier alpha value is -3.88. The quantitative estimate of drug-likeness (QED) is 0.253. The third-order valence-electron chi connectivity index (χ3n) is 6.73. The fourth-order valence-corrected chi connectivity index (χ4v) is 6.23. The Bertz CT molecular complexity index is 1810. The summed E-state index contributed by atoms with van der Waals surface area (Å²) >= 11 is 0. The number of rotatable bonds is 10. The summed E-state index contributed by atoms with van der Waals surface area (Å²) in [4.78, 5) is 15.6. The van der Waals surface area contributed by atoms with Crippen LogP contribution in [0.1, 0.15) is 31.2 Å². The zero-order valence-electron chi connectivity index (χ0n) is 21.2. The van der Waals surface area contributed by atoms with Gasteiger partial charge in [0, 0.05) is 18.3 Å². The van der Waals surface area contributed by atoms with Crippen molar-refractivity contribution in [3.8, 4) is 0 Å². The molecule has 4 aromatic rings. The summed E-state index contributed by atoms with van der Waals surface area (Å²) < 4.78 is 64.6. The Morgan fingerprint density at radius 3 is 2.35 bits per heavy atom. The van der Waals surface area contributed by atoms with Crippen molar-refractivity contribution in [2.45, 2.75) is 48.4 Å². The largest absolute Gasteiger partial charge is 0.350 e. The number of hydrogen-bond acceptors (Lipinski definition) is 9. The third kappa shape index (κ3) is 5.69. The topological polar surface area (TPSA) is 160 Å². The molecule has 4 N–H and O–H groups in total. The van der Waals surface area contributed by atoms with Gasteiger partial charge in [0.25, 0.3) is 0 Å². The highest BCUT2D eigenvalue weighted by Gasteiger charge is 2.37. The number of fused-ring (bicyclic) bond motifs is 1. The molecule has 0 unspecified atom stereocenters. The molecular formula is C26H26FN7O4S2. The van der Waals surface area contributed by atoms with Crippen LogP contribution in [-0.4, -0.2) is 43.1 Å². The van der Waals surface area contributed by atoms with Gasteiger partial charge in [-0.1, -0.05) is 12.1 Å². The highest BCUT2D eigenvalue weighted by molar-refractivity contribution is 7.93. The van der Waals surface area contributed by atoms with Crippen LogP contribution in [0.2, 0.25) is 0 Å². The summed E-state index contributed by atoms with van der Waals surface area (Å²) in [5.74, 6) is 0.364. The molecule has 2 saturated carbocycles. The molecule has 0 spiro atoms. The maximum Gasteiger partial charge on any atom is 0.238 e. The molecule has 0 bridgehead atoms. The molecule has 0 aliphatic heterocycles. The van der Waals surface area contributed by atoms with Gasteiger partial charge in [0.05, 0.1) is 27.5 Å². The van der Waals surface area contributed by atoms with E-state index in [0.717, 1.165) is 18.4 Å². The number of aromatic nitrogens is 3. The molecule has 2 fully saturated rings. The Morgan fingerprint density at radius 2 is 1.68 bits per heavy atom. The predicted octanol–water partition coefficient (Wildman–Crippen LogP) is 3.63. The maximum atomic E-state index is 14.5. The second-order valence-electron chi connectivity index (χ2n) is 9.92. The van der Waals surface area contributed by atoms with Gasteiger partial charge in [0.15, 0.2) is 0 Å². The number of nitrogens with zero attached hydrogens (tertiary/aromatic N) is 4. The number of hydrogen-bond donors (Lipinski definition) is 3. The molecule has 6 rings (SSSR count). The standard InChI is InChI=1S/C26H26FN7O4S2/c27-21-10-5-18(13-23(21)33-40(37,38)20-8-9-20)34(17-3-4-17)25-12-11-22-24(31-25)15-30-26(32-22)29-14-16-1-6-19(7-2-16)39(28,35)36/h1-2,5-7,10-13,15,17,20,33H,3-4,8-9,14H2,(H2,28,35,36)(H,29,30,32). The summed E-state index contributed by atoms with van der Waals surface area (Å²) in [6, 6.07) is 14.4. The number of pyridine rings is 1. The molecule has 2 heterocycles. The van der Waals surface area contributed by atoms with Crippen molar-refractivity contribution in [2.24, 2.45) is 5.14 Å². The van der Waals surface area contributed by atoms with E-state index in [9.17, 15) is 21.2 Å². The number of sulfonamides is 2. The summed E-state index contributed by atoms with van der Waals surface area (Å²) in [5, 5.41) is 7.79. The SMILES string of the molecule is NS(=O)(=O)c1ccc(CNc2ncc3nc(N(c4ccc(F)c(NS(=O)(=O)C5CC5)c4)C4CC4)ccc3n2)cc1. The van der Waals surface area contributed by atoms with E-state index in [0.29, 0.717) is 47.9 Å². The minimum Gasteiger partial charge on any atom is -0.350 e. The molecule has 0 radical (unpaired) electrons. The number of primary sulfonamides is 1. The van der Waals surface area contributed by atoms with Gasteiger partial charge in [-0.05, 0) is 73.7 Å². The van der Waals surface area contributed by atoms with Crippen LogP contribution in [0.3, 0.4) is 0 Å². The number of nitrogens with two attached hydrogens (primary N) is 1. The summed E-state index contributed by atoms with van der Waals surface area (Å²) in [6.45, 7) is 0.370. The second-order valence-corrected chi connectivity index (χ2v) is 13.4. The predicted molar refractivity (Wildman–Crippen MR) is 150 cm³/mol. The summed E-state index contributed by atoms with van der Waals surface area (Å²) in [5.41, 5.74) is 2.55. The monoisotopic (exact) mass is 583 g/mol. The molecule has 14 heteroatoms. The van der Waals surface area contributed by atoms with Crippen LogP contribution in [0.25, 0.3) is 11.0 Å². The van der Waals surface area contributed by atoms with E-state index in [1.54, 1.807) is 24.4 Å². The molecule has 0 atom stereocenters.